The minimum Gasteiger partial charge on any atom is -0.307 e. The van der Waals surface area contributed by atoms with Crippen LogP contribution in [0, 0.1) is 0 Å². The Morgan fingerprint density at radius 1 is 1.12 bits per heavy atom. The Morgan fingerprint density at radius 3 is 2.47 bits per heavy atom. The van der Waals surface area contributed by atoms with Crippen molar-refractivity contribution in [2.75, 3.05) is 0 Å². The van der Waals surface area contributed by atoms with Crippen LogP contribution >= 0.6 is 0 Å². The van der Waals surface area contributed by atoms with E-state index < -0.39 is 11.9 Å². The summed E-state index contributed by atoms with van der Waals surface area (Å²) in [5, 5.41) is 2.90. The van der Waals surface area contributed by atoms with Crippen molar-refractivity contribution in [1.82, 2.24) is 15.3 Å². The van der Waals surface area contributed by atoms with Gasteiger partial charge in [0.05, 0.1) is 5.69 Å². The molecule has 3 rings (SSSR count). The molecule has 17 heavy (non-hydrogen) atoms. The van der Waals surface area contributed by atoms with Gasteiger partial charge < -0.3 is 5.32 Å². The van der Waals surface area contributed by atoms with Crippen LogP contribution in [0.25, 0.3) is 0 Å². The number of hydrogen-bond acceptors (Lipinski definition) is 3. The van der Waals surface area contributed by atoms with Gasteiger partial charge in [-0.1, -0.05) is 6.42 Å². The van der Waals surface area contributed by atoms with E-state index in [9.17, 15) is 13.2 Å². The molecule has 1 aliphatic heterocycles. The lowest BCUT2D eigenvalue weighted by atomic mass is 9.84. The zero-order valence-electron chi connectivity index (χ0n) is 9.14. The monoisotopic (exact) mass is 243 g/mol. The Hall–Kier alpha value is -1.17. The standard InChI is InChI=1S/C11H12F3N3/c12-11(13,14)9-7-4-15-5-8(7)16-10(17-9)6-2-1-3-6/h6,15H,1-5H2. The van der Waals surface area contributed by atoms with Crippen molar-refractivity contribution in [3.8, 4) is 0 Å². The summed E-state index contributed by atoms with van der Waals surface area (Å²) in [6, 6.07) is 0. The van der Waals surface area contributed by atoms with Crippen LogP contribution in [0.5, 0.6) is 0 Å². The average molecular weight is 243 g/mol. The number of fused-ring (bicyclic) bond motifs is 1. The number of halogens is 3. The van der Waals surface area contributed by atoms with Crippen molar-refractivity contribution in [3.63, 3.8) is 0 Å². The molecule has 1 aliphatic carbocycles. The first-order valence-electron chi connectivity index (χ1n) is 5.73. The first-order chi connectivity index (χ1) is 8.05. The molecule has 2 aliphatic rings. The lowest BCUT2D eigenvalue weighted by Gasteiger charge is -2.25. The first-order valence-corrected chi connectivity index (χ1v) is 5.73. The molecule has 3 nitrogen and oxygen atoms in total. The third kappa shape index (κ3) is 1.80. The molecule has 6 heteroatoms. The molecule has 0 radical (unpaired) electrons. The van der Waals surface area contributed by atoms with E-state index in [0.29, 0.717) is 18.1 Å². The Bertz CT molecular complexity index is 452. The lowest BCUT2D eigenvalue weighted by molar-refractivity contribution is -0.142. The molecule has 0 spiro atoms. The van der Waals surface area contributed by atoms with Gasteiger partial charge in [-0.3, -0.25) is 0 Å². The van der Waals surface area contributed by atoms with Crippen LogP contribution in [0.1, 0.15) is 48.0 Å². The molecule has 1 saturated carbocycles. The van der Waals surface area contributed by atoms with Gasteiger partial charge in [-0.05, 0) is 12.8 Å². The van der Waals surface area contributed by atoms with Gasteiger partial charge in [0, 0.05) is 24.6 Å². The minimum atomic E-state index is -4.38. The second-order valence-electron chi connectivity index (χ2n) is 4.58. The van der Waals surface area contributed by atoms with E-state index in [2.05, 4.69) is 15.3 Å². The zero-order valence-corrected chi connectivity index (χ0v) is 9.14. The normalized spacial score (nSPS) is 20.2. The van der Waals surface area contributed by atoms with Crippen LogP contribution in [0.15, 0.2) is 0 Å². The fraction of sp³-hybridized carbons (Fsp3) is 0.636. The Labute approximate surface area is 96.5 Å². The van der Waals surface area contributed by atoms with Gasteiger partial charge in [-0.15, -0.1) is 0 Å². The number of aromatic nitrogens is 2. The molecular formula is C11H12F3N3. The summed E-state index contributed by atoms with van der Waals surface area (Å²) in [5.41, 5.74) is 0.00389. The van der Waals surface area contributed by atoms with Crippen LogP contribution in [0.2, 0.25) is 0 Å². The average Bonchev–Trinajstić information content (AvgIpc) is 2.59. The summed E-state index contributed by atoms with van der Waals surface area (Å²) in [5.74, 6) is 0.507. The summed E-state index contributed by atoms with van der Waals surface area (Å²) in [6.45, 7) is 0.635. The van der Waals surface area contributed by atoms with E-state index in [-0.39, 0.29) is 18.0 Å². The van der Waals surface area contributed by atoms with Crippen molar-refractivity contribution < 1.29 is 13.2 Å². The van der Waals surface area contributed by atoms with Crippen LogP contribution in [0.4, 0.5) is 13.2 Å². The summed E-state index contributed by atoms with van der Waals surface area (Å²) < 4.78 is 38.7. The van der Waals surface area contributed by atoms with E-state index >= 15 is 0 Å². The maximum atomic E-state index is 12.9. The topological polar surface area (TPSA) is 37.8 Å². The number of rotatable bonds is 1. The Balaban J connectivity index is 2.09. The molecule has 92 valence electrons. The van der Waals surface area contributed by atoms with Crippen molar-refractivity contribution >= 4 is 0 Å². The maximum Gasteiger partial charge on any atom is 0.433 e. The van der Waals surface area contributed by atoms with Crippen LogP contribution in [-0.4, -0.2) is 9.97 Å². The summed E-state index contributed by atoms with van der Waals surface area (Å²) in [4.78, 5) is 8.04. The van der Waals surface area contributed by atoms with E-state index in [0.717, 1.165) is 19.3 Å². The van der Waals surface area contributed by atoms with Crippen molar-refractivity contribution in [2.45, 2.75) is 44.4 Å². The number of hydrogen-bond donors (Lipinski definition) is 1. The molecule has 1 aromatic rings. The van der Waals surface area contributed by atoms with Crippen LogP contribution in [0.3, 0.4) is 0 Å². The van der Waals surface area contributed by atoms with E-state index in [1.165, 1.54) is 0 Å². The highest BCUT2D eigenvalue weighted by Crippen LogP contribution is 2.38. The molecule has 0 amide bonds. The van der Waals surface area contributed by atoms with E-state index in [4.69, 9.17) is 0 Å². The van der Waals surface area contributed by atoms with Crippen molar-refractivity contribution in [1.29, 1.82) is 0 Å². The molecule has 0 saturated heterocycles. The SMILES string of the molecule is FC(F)(F)c1nc(C2CCC2)nc2c1CNC2. The van der Waals surface area contributed by atoms with Crippen molar-refractivity contribution in [3.05, 3.63) is 22.8 Å². The highest BCUT2D eigenvalue weighted by molar-refractivity contribution is 5.32. The highest BCUT2D eigenvalue weighted by Gasteiger charge is 2.39. The molecule has 0 aromatic carbocycles. The van der Waals surface area contributed by atoms with Gasteiger partial charge in [0.1, 0.15) is 5.82 Å². The molecule has 0 atom stereocenters. The summed E-state index contributed by atoms with van der Waals surface area (Å²) in [7, 11) is 0. The Kier molecular flexibility index (Phi) is 2.36. The second kappa shape index (κ2) is 3.66. The molecular weight excluding hydrogens is 231 g/mol. The van der Waals surface area contributed by atoms with Gasteiger partial charge in [-0.25, -0.2) is 9.97 Å². The van der Waals surface area contributed by atoms with Gasteiger partial charge >= 0.3 is 6.18 Å². The quantitative estimate of drug-likeness (QED) is 0.822. The van der Waals surface area contributed by atoms with E-state index in [1.807, 2.05) is 0 Å². The minimum absolute atomic E-state index is 0.127. The fourth-order valence-corrected chi connectivity index (χ4v) is 2.27. The van der Waals surface area contributed by atoms with Crippen LogP contribution in [-0.2, 0) is 19.3 Å². The van der Waals surface area contributed by atoms with Gasteiger partial charge in [0.25, 0.3) is 0 Å². The number of alkyl halides is 3. The smallest absolute Gasteiger partial charge is 0.307 e. The van der Waals surface area contributed by atoms with Gasteiger partial charge in [0.15, 0.2) is 5.69 Å². The lowest BCUT2D eigenvalue weighted by Crippen LogP contribution is -2.19. The largest absolute Gasteiger partial charge is 0.433 e. The third-order valence-corrected chi connectivity index (χ3v) is 3.44. The summed E-state index contributed by atoms with van der Waals surface area (Å²) in [6.07, 6.45) is -1.50. The molecule has 0 unspecified atom stereocenters. The molecule has 1 fully saturated rings. The first kappa shape index (κ1) is 11.0. The predicted molar refractivity (Wildman–Crippen MR) is 54.2 cm³/mol. The molecule has 2 heterocycles. The zero-order chi connectivity index (χ0) is 12.0. The molecule has 1 N–H and O–H groups in total. The van der Waals surface area contributed by atoms with Crippen LogP contribution < -0.4 is 5.32 Å². The van der Waals surface area contributed by atoms with Gasteiger partial charge in [-0.2, -0.15) is 13.2 Å². The second-order valence-corrected chi connectivity index (χ2v) is 4.58. The van der Waals surface area contributed by atoms with E-state index in [1.54, 1.807) is 0 Å². The predicted octanol–water partition coefficient (Wildman–Crippen LogP) is 2.37. The molecule has 1 aromatic heterocycles. The summed E-state index contributed by atoms with van der Waals surface area (Å²) >= 11 is 0. The highest BCUT2D eigenvalue weighted by atomic mass is 19.4. The fourth-order valence-electron chi connectivity index (χ4n) is 2.27. The number of nitrogens with one attached hydrogen (secondary N) is 1. The molecule has 0 bridgehead atoms. The maximum absolute atomic E-state index is 12.9. The van der Waals surface area contributed by atoms with Gasteiger partial charge in [0.2, 0.25) is 0 Å². The van der Waals surface area contributed by atoms with Crippen molar-refractivity contribution in [2.24, 2.45) is 0 Å². The Morgan fingerprint density at radius 2 is 1.88 bits per heavy atom. The third-order valence-electron chi connectivity index (χ3n) is 3.44. The number of nitrogens with zero attached hydrogens (tertiary/aromatic N) is 2.